The van der Waals surface area contributed by atoms with Gasteiger partial charge in [0.05, 0.1) is 6.42 Å². The summed E-state index contributed by atoms with van der Waals surface area (Å²) in [5.74, 6) is 0.206. The van der Waals surface area contributed by atoms with E-state index in [0.717, 1.165) is 20.7 Å². The molecule has 1 heterocycles. The number of carbonyl (C=O) groups excluding carboxylic acids is 1. The number of thiazole rings is 1. The lowest BCUT2D eigenvalue weighted by molar-refractivity contribution is -0.117. The van der Waals surface area contributed by atoms with Crippen molar-refractivity contribution >= 4 is 33.0 Å². The van der Waals surface area contributed by atoms with Crippen LogP contribution in [0.25, 0.3) is 0 Å². The van der Waals surface area contributed by atoms with Crippen LogP contribution in [0.5, 0.6) is 0 Å². The average Bonchev–Trinajstić information content (AvgIpc) is 2.63. The van der Waals surface area contributed by atoms with Crippen LogP contribution in [0.1, 0.15) is 16.3 Å². The van der Waals surface area contributed by atoms with E-state index in [1.54, 1.807) is 11.3 Å². The Morgan fingerprint density at radius 3 is 2.88 bits per heavy atom. The van der Waals surface area contributed by atoms with Gasteiger partial charge in [0.1, 0.15) is 10.8 Å². The first-order chi connectivity index (χ1) is 8.13. The maximum atomic E-state index is 11.9. The molecule has 0 atom stereocenters. The summed E-state index contributed by atoms with van der Waals surface area (Å²) in [5, 5.41) is 2.88. The van der Waals surface area contributed by atoms with E-state index in [9.17, 15) is 4.79 Å². The van der Waals surface area contributed by atoms with Crippen molar-refractivity contribution in [1.82, 2.24) is 4.98 Å². The fraction of sp³-hybridized carbons (Fsp3) is 0.231. The summed E-state index contributed by atoms with van der Waals surface area (Å²) in [4.78, 5) is 16.2. The molecule has 1 aromatic heterocycles. The lowest BCUT2D eigenvalue weighted by Crippen LogP contribution is -2.06. The van der Waals surface area contributed by atoms with Crippen molar-refractivity contribution < 1.29 is 4.79 Å². The molecule has 4 heteroatoms. The third-order valence-corrected chi connectivity index (χ3v) is 3.77. The molecule has 0 N–H and O–H groups in total. The molecule has 0 amide bonds. The van der Waals surface area contributed by atoms with E-state index in [4.69, 9.17) is 0 Å². The van der Waals surface area contributed by atoms with Crippen LogP contribution in [0.4, 0.5) is 0 Å². The van der Waals surface area contributed by atoms with Crippen LogP contribution in [0, 0.1) is 6.92 Å². The van der Waals surface area contributed by atoms with Crippen molar-refractivity contribution in [1.29, 1.82) is 0 Å². The minimum Gasteiger partial charge on any atom is -0.299 e. The van der Waals surface area contributed by atoms with Crippen molar-refractivity contribution in [2.45, 2.75) is 19.8 Å². The predicted molar refractivity (Wildman–Crippen MR) is 73.4 cm³/mol. The first-order valence-corrected chi connectivity index (χ1v) is 6.98. The van der Waals surface area contributed by atoms with Gasteiger partial charge in [-0.05, 0) is 24.6 Å². The smallest absolute Gasteiger partial charge is 0.144 e. The Kier molecular flexibility index (Phi) is 4.07. The molecule has 0 saturated carbocycles. The third kappa shape index (κ3) is 3.75. The maximum Gasteiger partial charge on any atom is 0.144 e. The molecule has 88 valence electrons. The first-order valence-electron chi connectivity index (χ1n) is 5.30. The Labute approximate surface area is 113 Å². The molecule has 0 aliphatic carbocycles. The number of halogens is 1. The molecule has 0 saturated heterocycles. The van der Waals surface area contributed by atoms with Gasteiger partial charge in [-0.3, -0.25) is 4.79 Å². The van der Waals surface area contributed by atoms with Gasteiger partial charge in [-0.25, -0.2) is 4.98 Å². The van der Waals surface area contributed by atoms with Crippen LogP contribution in [0.2, 0.25) is 0 Å². The van der Waals surface area contributed by atoms with Crippen LogP contribution in [0.3, 0.4) is 0 Å². The van der Waals surface area contributed by atoms with Crippen LogP contribution < -0.4 is 0 Å². The monoisotopic (exact) mass is 309 g/mol. The minimum atomic E-state index is 0.206. The van der Waals surface area contributed by atoms with Crippen molar-refractivity contribution in [2.24, 2.45) is 0 Å². The normalized spacial score (nSPS) is 10.5. The Morgan fingerprint density at radius 1 is 1.41 bits per heavy atom. The molecule has 0 radical (unpaired) electrons. The van der Waals surface area contributed by atoms with Crippen molar-refractivity contribution in [3.05, 3.63) is 50.4 Å². The number of hydrogen-bond donors (Lipinski definition) is 0. The summed E-state index contributed by atoms with van der Waals surface area (Å²) in [6, 6.07) is 7.85. The highest BCUT2D eigenvalue weighted by atomic mass is 79.9. The number of ketones is 1. The number of rotatable bonds is 4. The molecule has 0 aliphatic heterocycles. The fourth-order valence-electron chi connectivity index (χ4n) is 1.59. The highest BCUT2D eigenvalue weighted by Crippen LogP contribution is 2.14. The quantitative estimate of drug-likeness (QED) is 0.864. The van der Waals surface area contributed by atoms with Crippen LogP contribution in [-0.2, 0) is 17.6 Å². The zero-order valence-electron chi connectivity index (χ0n) is 9.44. The second-order valence-electron chi connectivity index (χ2n) is 3.90. The zero-order valence-corrected chi connectivity index (χ0v) is 11.8. The molecule has 0 fully saturated rings. The summed E-state index contributed by atoms with van der Waals surface area (Å²) in [6.45, 7) is 1.94. The lowest BCUT2D eigenvalue weighted by Gasteiger charge is -2.00. The second-order valence-corrected chi connectivity index (χ2v) is 5.76. The Bertz CT molecular complexity index is 536. The van der Waals surface area contributed by atoms with Crippen molar-refractivity contribution in [3.63, 3.8) is 0 Å². The zero-order chi connectivity index (χ0) is 12.3. The van der Waals surface area contributed by atoms with E-state index in [-0.39, 0.29) is 5.78 Å². The topological polar surface area (TPSA) is 30.0 Å². The molecular formula is C13H12BrNOS. The molecule has 2 aromatic rings. The Balaban J connectivity index is 1.98. The summed E-state index contributed by atoms with van der Waals surface area (Å²) < 4.78 is 1.01. The summed E-state index contributed by atoms with van der Waals surface area (Å²) in [6.07, 6.45) is 0.906. The van der Waals surface area contributed by atoms with E-state index >= 15 is 0 Å². The van der Waals surface area contributed by atoms with Crippen molar-refractivity contribution in [2.75, 3.05) is 0 Å². The molecule has 2 rings (SSSR count). The van der Waals surface area contributed by atoms with Gasteiger partial charge >= 0.3 is 0 Å². The molecule has 0 unspecified atom stereocenters. The predicted octanol–water partition coefficient (Wildman–Crippen LogP) is 3.57. The summed E-state index contributed by atoms with van der Waals surface area (Å²) in [7, 11) is 0. The Morgan fingerprint density at radius 2 is 2.24 bits per heavy atom. The van der Waals surface area contributed by atoms with E-state index in [0.29, 0.717) is 12.8 Å². The molecule has 2 nitrogen and oxygen atoms in total. The molecule has 1 aromatic carbocycles. The van der Waals surface area contributed by atoms with Gasteiger partial charge in [0, 0.05) is 22.0 Å². The standard InChI is InChI=1S/C13H12BrNOS/c1-9-8-17-13(15-9)7-12(16)6-10-3-2-4-11(14)5-10/h2-5,8H,6-7H2,1H3. The van der Waals surface area contributed by atoms with Crippen LogP contribution in [-0.4, -0.2) is 10.8 Å². The number of aryl methyl sites for hydroxylation is 1. The van der Waals surface area contributed by atoms with E-state index in [1.807, 2.05) is 36.6 Å². The highest BCUT2D eigenvalue weighted by molar-refractivity contribution is 9.10. The average molecular weight is 310 g/mol. The summed E-state index contributed by atoms with van der Waals surface area (Å²) >= 11 is 4.95. The number of hydrogen-bond acceptors (Lipinski definition) is 3. The summed E-state index contributed by atoms with van der Waals surface area (Å²) in [5.41, 5.74) is 2.03. The molecular weight excluding hydrogens is 298 g/mol. The van der Waals surface area contributed by atoms with Gasteiger partial charge in [0.2, 0.25) is 0 Å². The lowest BCUT2D eigenvalue weighted by atomic mass is 10.1. The Hall–Kier alpha value is -1.00. The second kappa shape index (κ2) is 5.56. The van der Waals surface area contributed by atoms with Gasteiger partial charge in [-0.15, -0.1) is 11.3 Å². The number of benzene rings is 1. The van der Waals surface area contributed by atoms with Gasteiger partial charge < -0.3 is 0 Å². The van der Waals surface area contributed by atoms with E-state index in [2.05, 4.69) is 20.9 Å². The molecule has 17 heavy (non-hydrogen) atoms. The van der Waals surface area contributed by atoms with Crippen LogP contribution >= 0.6 is 27.3 Å². The maximum absolute atomic E-state index is 11.9. The fourth-order valence-corrected chi connectivity index (χ4v) is 2.84. The van der Waals surface area contributed by atoms with Crippen molar-refractivity contribution in [3.8, 4) is 0 Å². The SMILES string of the molecule is Cc1csc(CC(=O)Cc2cccc(Br)c2)n1. The van der Waals surface area contributed by atoms with Gasteiger partial charge in [-0.1, -0.05) is 28.1 Å². The number of aromatic nitrogens is 1. The largest absolute Gasteiger partial charge is 0.299 e. The molecule has 0 spiro atoms. The van der Waals surface area contributed by atoms with Gasteiger partial charge in [-0.2, -0.15) is 0 Å². The molecule has 0 bridgehead atoms. The minimum absolute atomic E-state index is 0.206. The number of carbonyl (C=O) groups is 1. The first kappa shape index (κ1) is 12.5. The van der Waals surface area contributed by atoms with E-state index < -0.39 is 0 Å². The molecule has 0 aliphatic rings. The van der Waals surface area contributed by atoms with Gasteiger partial charge in [0.25, 0.3) is 0 Å². The number of nitrogens with zero attached hydrogens (tertiary/aromatic N) is 1. The number of Topliss-reactive ketones (excluding diaryl/α,β-unsaturated/α-hetero) is 1. The van der Waals surface area contributed by atoms with E-state index in [1.165, 1.54) is 0 Å². The van der Waals surface area contributed by atoms with Gasteiger partial charge in [0.15, 0.2) is 0 Å². The third-order valence-electron chi connectivity index (χ3n) is 2.31. The highest BCUT2D eigenvalue weighted by Gasteiger charge is 2.08. The van der Waals surface area contributed by atoms with Crippen LogP contribution in [0.15, 0.2) is 34.1 Å².